The molecule has 1 aliphatic carbocycles. The van der Waals surface area contributed by atoms with Crippen LogP contribution in [-0.4, -0.2) is 13.0 Å². The predicted octanol–water partition coefficient (Wildman–Crippen LogP) is 6.03. The number of benzene rings is 1. The van der Waals surface area contributed by atoms with Gasteiger partial charge in [-0.3, -0.25) is 4.55 Å². The highest BCUT2D eigenvalue weighted by Gasteiger charge is 2.20. The van der Waals surface area contributed by atoms with Crippen LogP contribution in [0.4, 0.5) is 0 Å². The third kappa shape index (κ3) is 7.49. The van der Waals surface area contributed by atoms with Crippen molar-refractivity contribution in [3.8, 4) is 0 Å². The summed E-state index contributed by atoms with van der Waals surface area (Å²) in [6.45, 7) is 2.27. The van der Waals surface area contributed by atoms with E-state index in [1.807, 2.05) is 12.1 Å². The summed E-state index contributed by atoms with van der Waals surface area (Å²) in [6, 6.07) is 6.65. The zero-order chi connectivity index (χ0) is 18.1. The number of hydrogen-bond acceptors (Lipinski definition) is 2. The summed E-state index contributed by atoms with van der Waals surface area (Å²) in [5.41, 5.74) is 1.16. The van der Waals surface area contributed by atoms with Gasteiger partial charge in [-0.15, -0.1) is 0 Å². The molecule has 25 heavy (non-hydrogen) atoms. The third-order valence-electron chi connectivity index (χ3n) is 5.74. The Kier molecular flexibility index (Phi) is 8.44. The van der Waals surface area contributed by atoms with Crippen molar-refractivity contribution in [2.45, 2.75) is 88.9 Å². The lowest BCUT2D eigenvalue weighted by atomic mass is 9.78. The van der Waals surface area contributed by atoms with E-state index in [0.29, 0.717) is 0 Å². The fourth-order valence-corrected chi connectivity index (χ4v) is 4.52. The third-order valence-corrected chi connectivity index (χ3v) is 6.61. The van der Waals surface area contributed by atoms with Crippen molar-refractivity contribution in [2.75, 3.05) is 0 Å². The Hall–Kier alpha value is -0.870. The van der Waals surface area contributed by atoms with E-state index in [0.717, 1.165) is 23.8 Å². The van der Waals surface area contributed by atoms with E-state index in [9.17, 15) is 8.42 Å². The highest BCUT2D eigenvalue weighted by Crippen LogP contribution is 2.34. The van der Waals surface area contributed by atoms with Gasteiger partial charge in [-0.05, 0) is 42.4 Å². The van der Waals surface area contributed by atoms with Crippen LogP contribution in [0.1, 0.15) is 83.1 Å². The molecule has 0 saturated heterocycles. The minimum absolute atomic E-state index is 0.0179. The lowest BCUT2D eigenvalue weighted by molar-refractivity contribution is 0.248. The molecule has 1 aromatic carbocycles. The van der Waals surface area contributed by atoms with Crippen LogP contribution >= 0.6 is 0 Å². The van der Waals surface area contributed by atoms with Crippen LogP contribution in [0, 0.1) is 11.8 Å². The van der Waals surface area contributed by atoms with Crippen LogP contribution in [0.2, 0.25) is 0 Å². The molecule has 0 bridgehead atoms. The van der Waals surface area contributed by atoms with Crippen LogP contribution < -0.4 is 0 Å². The summed E-state index contributed by atoms with van der Waals surface area (Å²) in [6.07, 6.45) is 16.0. The summed E-state index contributed by atoms with van der Waals surface area (Å²) >= 11 is 0. The van der Waals surface area contributed by atoms with Gasteiger partial charge >= 0.3 is 0 Å². The minimum atomic E-state index is -4.07. The Morgan fingerprint density at radius 3 is 2.00 bits per heavy atom. The first kappa shape index (κ1) is 20.4. The number of rotatable bonds is 10. The first-order chi connectivity index (χ1) is 12.0. The molecule has 1 N–H and O–H groups in total. The van der Waals surface area contributed by atoms with Gasteiger partial charge in [0.1, 0.15) is 0 Å². The fourth-order valence-electron chi connectivity index (χ4n) is 4.04. The molecular weight excluding hydrogens is 332 g/mol. The van der Waals surface area contributed by atoms with Gasteiger partial charge in [-0.25, -0.2) is 0 Å². The van der Waals surface area contributed by atoms with Crippen molar-refractivity contribution >= 4 is 10.1 Å². The minimum Gasteiger partial charge on any atom is -0.282 e. The lowest BCUT2D eigenvalue weighted by Gasteiger charge is -2.28. The predicted molar refractivity (Wildman–Crippen MR) is 103 cm³/mol. The maximum Gasteiger partial charge on any atom is 0.294 e. The van der Waals surface area contributed by atoms with E-state index in [1.54, 1.807) is 0 Å². The number of aryl methyl sites for hydroxylation is 1. The quantitative estimate of drug-likeness (QED) is 0.406. The van der Waals surface area contributed by atoms with E-state index >= 15 is 0 Å². The second kappa shape index (κ2) is 10.3. The van der Waals surface area contributed by atoms with Gasteiger partial charge in [0.25, 0.3) is 10.1 Å². The lowest BCUT2D eigenvalue weighted by Crippen LogP contribution is -2.15. The SMILES string of the molecule is CCCCCCCC1CCC(CCc2ccc(S(=O)(=O)O)cc2)CC1. The molecular formula is C21H34O3S. The Morgan fingerprint density at radius 2 is 1.44 bits per heavy atom. The number of unbranched alkanes of at least 4 members (excludes halogenated alkanes) is 4. The molecule has 0 heterocycles. The fraction of sp³-hybridized carbons (Fsp3) is 0.714. The molecule has 0 radical (unpaired) electrons. The maximum absolute atomic E-state index is 11.1. The summed E-state index contributed by atoms with van der Waals surface area (Å²) in [4.78, 5) is -0.0179. The molecule has 4 heteroatoms. The van der Waals surface area contributed by atoms with Crippen molar-refractivity contribution in [1.29, 1.82) is 0 Å². The van der Waals surface area contributed by atoms with Gasteiger partial charge in [0, 0.05) is 0 Å². The van der Waals surface area contributed by atoms with Crippen molar-refractivity contribution in [3.63, 3.8) is 0 Å². The van der Waals surface area contributed by atoms with Crippen molar-refractivity contribution in [1.82, 2.24) is 0 Å². The molecule has 142 valence electrons. The van der Waals surface area contributed by atoms with Crippen LogP contribution in [0.5, 0.6) is 0 Å². The summed E-state index contributed by atoms with van der Waals surface area (Å²) in [5, 5.41) is 0. The first-order valence-electron chi connectivity index (χ1n) is 10.1. The molecule has 3 nitrogen and oxygen atoms in total. The summed E-state index contributed by atoms with van der Waals surface area (Å²) < 4.78 is 31.1. The van der Waals surface area contributed by atoms with Crippen molar-refractivity contribution < 1.29 is 13.0 Å². The Morgan fingerprint density at radius 1 is 0.880 bits per heavy atom. The van der Waals surface area contributed by atoms with E-state index in [4.69, 9.17) is 4.55 Å². The van der Waals surface area contributed by atoms with Gasteiger partial charge in [0.2, 0.25) is 0 Å². The van der Waals surface area contributed by atoms with Crippen LogP contribution in [0.3, 0.4) is 0 Å². The maximum atomic E-state index is 11.1. The molecule has 1 fully saturated rings. The molecule has 0 aliphatic heterocycles. The van der Waals surface area contributed by atoms with Gasteiger partial charge in [-0.2, -0.15) is 8.42 Å². The van der Waals surface area contributed by atoms with E-state index < -0.39 is 10.1 Å². The second-order valence-electron chi connectivity index (χ2n) is 7.75. The van der Waals surface area contributed by atoms with Crippen LogP contribution in [0.25, 0.3) is 0 Å². The topological polar surface area (TPSA) is 54.4 Å². The van der Waals surface area contributed by atoms with Crippen molar-refractivity contribution in [2.24, 2.45) is 11.8 Å². The number of hydrogen-bond donors (Lipinski definition) is 1. The Balaban J connectivity index is 1.63. The summed E-state index contributed by atoms with van der Waals surface area (Å²) in [5.74, 6) is 1.77. The van der Waals surface area contributed by atoms with E-state index in [1.165, 1.54) is 82.8 Å². The molecule has 1 saturated carbocycles. The molecule has 0 aromatic heterocycles. The molecule has 0 unspecified atom stereocenters. The van der Waals surface area contributed by atoms with E-state index in [-0.39, 0.29) is 4.90 Å². The zero-order valence-electron chi connectivity index (χ0n) is 15.6. The largest absolute Gasteiger partial charge is 0.294 e. The van der Waals surface area contributed by atoms with Crippen molar-refractivity contribution in [3.05, 3.63) is 29.8 Å². The first-order valence-corrected chi connectivity index (χ1v) is 11.5. The van der Waals surface area contributed by atoms with Gasteiger partial charge in [0.05, 0.1) is 4.90 Å². The molecule has 0 amide bonds. The van der Waals surface area contributed by atoms with Gasteiger partial charge in [-0.1, -0.05) is 83.3 Å². The molecule has 1 aromatic rings. The van der Waals surface area contributed by atoms with Gasteiger partial charge in [0.15, 0.2) is 0 Å². The van der Waals surface area contributed by atoms with E-state index in [2.05, 4.69) is 6.92 Å². The van der Waals surface area contributed by atoms with Crippen LogP contribution in [-0.2, 0) is 16.5 Å². The molecule has 0 atom stereocenters. The molecule has 2 rings (SSSR count). The second-order valence-corrected chi connectivity index (χ2v) is 9.17. The average molecular weight is 367 g/mol. The molecule has 0 spiro atoms. The summed E-state index contributed by atoms with van der Waals surface area (Å²) in [7, 11) is -4.07. The average Bonchev–Trinajstić information content (AvgIpc) is 2.60. The monoisotopic (exact) mass is 366 g/mol. The normalized spacial score (nSPS) is 21.4. The van der Waals surface area contributed by atoms with Gasteiger partial charge < -0.3 is 0 Å². The Labute approximate surface area is 154 Å². The van der Waals surface area contributed by atoms with Crippen LogP contribution in [0.15, 0.2) is 29.2 Å². The zero-order valence-corrected chi connectivity index (χ0v) is 16.4. The molecule has 1 aliphatic rings. The highest BCUT2D eigenvalue weighted by atomic mass is 32.2. The standard InChI is InChI=1S/C21H34O3S/c1-2-3-4-5-6-7-18-8-10-19(11-9-18)12-13-20-14-16-21(17-15-20)25(22,23)24/h14-19H,2-13H2,1H3,(H,22,23,24). The smallest absolute Gasteiger partial charge is 0.282 e. The Bertz CT molecular complexity index is 584. The highest BCUT2D eigenvalue weighted by molar-refractivity contribution is 7.85.